The molecule has 2 aromatic rings. The summed E-state index contributed by atoms with van der Waals surface area (Å²) in [7, 11) is 1.22. The van der Waals surface area contributed by atoms with Crippen LogP contribution in [0.5, 0.6) is 5.75 Å². The van der Waals surface area contributed by atoms with Gasteiger partial charge in [0.05, 0.1) is 22.6 Å². The van der Waals surface area contributed by atoms with Crippen molar-refractivity contribution in [1.29, 1.82) is 0 Å². The van der Waals surface area contributed by atoms with Crippen LogP contribution in [0.2, 0.25) is 0 Å². The van der Waals surface area contributed by atoms with E-state index in [1.165, 1.54) is 13.2 Å². The number of benzene rings is 1. The van der Waals surface area contributed by atoms with Crippen molar-refractivity contribution in [3.05, 3.63) is 39.0 Å². The van der Waals surface area contributed by atoms with Gasteiger partial charge in [0.15, 0.2) is 17.3 Å². The minimum absolute atomic E-state index is 0.122. The Balaban J connectivity index is 2.71. The highest BCUT2D eigenvalue weighted by Crippen LogP contribution is 2.35. The molecule has 0 aliphatic carbocycles. The minimum atomic E-state index is -4.97. The molecule has 5 nitrogen and oxygen atoms in total. The molecule has 22 heavy (non-hydrogen) atoms. The number of hydrogen-bond donors (Lipinski definition) is 1. The number of aromatic nitrogens is 2. The zero-order valence-electron chi connectivity index (χ0n) is 10.8. The average Bonchev–Trinajstić information content (AvgIpc) is 2.82. The van der Waals surface area contributed by atoms with E-state index in [0.717, 1.165) is 6.07 Å². The summed E-state index contributed by atoms with van der Waals surface area (Å²) in [5, 5.41) is 12.2. The first-order chi connectivity index (χ1) is 10.2. The van der Waals surface area contributed by atoms with Gasteiger partial charge < -0.3 is 9.84 Å². The maximum atomic E-state index is 13.8. The van der Waals surface area contributed by atoms with Crippen LogP contribution in [-0.2, 0) is 6.18 Å². The van der Waals surface area contributed by atoms with E-state index in [1.807, 2.05) is 0 Å². The number of methoxy groups -OCH3 is 1. The topological polar surface area (TPSA) is 64.4 Å². The van der Waals surface area contributed by atoms with Crippen LogP contribution in [-0.4, -0.2) is 28.0 Å². The van der Waals surface area contributed by atoms with Crippen LogP contribution in [0.1, 0.15) is 16.1 Å². The van der Waals surface area contributed by atoms with Gasteiger partial charge in [-0.25, -0.2) is 13.9 Å². The summed E-state index contributed by atoms with van der Waals surface area (Å²) in [5.41, 5.74) is -2.76. The largest absolute Gasteiger partial charge is 0.493 e. The molecule has 0 radical (unpaired) electrons. The van der Waals surface area contributed by atoms with Crippen molar-refractivity contribution in [2.45, 2.75) is 6.18 Å². The lowest BCUT2D eigenvalue weighted by molar-refractivity contribution is -0.143. The normalized spacial score (nSPS) is 11.5. The lowest BCUT2D eigenvalue weighted by atomic mass is 10.2. The molecule has 0 saturated heterocycles. The van der Waals surface area contributed by atoms with Crippen LogP contribution in [0.15, 0.2) is 18.3 Å². The van der Waals surface area contributed by atoms with Crippen molar-refractivity contribution in [2.24, 2.45) is 0 Å². The van der Waals surface area contributed by atoms with Crippen molar-refractivity contribution in [3.63, 3.8) is 0 Å². The van der Waals surface area contributed by atoms with Crippen molar-refractivity contribution in [1.82, 2.24) is 9.78 Å². The Morgan fingerprint density at radius 2 is 2.05 bits per heavy atom. The summed E-state index contributed by atoms with van der Waals surface area (Å²) >= 11 is 1.69. The van der Waals surface area contributed by atoms with Crippen LogP contribution < -0.4 is 4.74 Å². The number of aromatic carboxylic acids is 1. The molecule has 1 aromatic heterocycles. The van der Waals surface area contributed by atoms with Gasteiger partial charge in [0.2, 0.25) is 0 Å². The van der Waals surface area contributed by atoms with Crippen molar-refractivity contribution in [2.75, 3.05) is 7.11 Å². The van der Waals surface area contributed by atoms with Crippen molar-refractivity contribution < 1.29 is 32.2 Å². The number of carboxylic acid groups (broad SMARTS) is 1. The molecule has 0 saturated carbocycles. The van der Waals surface area contributed by atoms with Gasteiger partial charge in [0.25, 0.3) is 0 Å². The van der Waals surface area contributed by atoms with Crippen LogP contribution in [0, 0.1) is 9.39 Å². The number of alkyl halides is 3. The quantitative estimate of drug-likeness (QED) is 0.600. The number of hydrogen-bond acceptors (Lipinski definition) is 3. The zero-order chi connectivity index (χ0) is 16.7. The predicted octanol–water partition coefficient (Wildman–Crippen LogP) is 3.34. The number of carboxylic acids is 1. The standard InChI is InChI=1S/C12H7F4IN2O3/c1-22-9-7(13)2-5(3-8(9)17)19-10(12(14,15)16)6(4-18-19)11(20)21/h2-4H,1H3,(H,20,21). The van der Waals surface area contributed by atoms with Crippen LogP contribution in [0.3, 0.4) is 0 Å². The third-order valence-corrected chi connectivity index (χ3v) is 3.50. The lowest BCUT2D eigenvalue weighted by Crippen LogP contribution is -2.17. The SMILES string of the molecule is COc1c(F)cc(-n2ncc(C(=O)O)c2C(F)(F)F)cc1I. The Morgan fingerprint density at radius 3 is 2.50 bits per heavy atom. The van der Waals surface area contributed by atoms with E-state index in [9.17, 15) is 22.4 Å². The van der Waals surface area contributed by atoms with E-state index in [4.69, 9.17) is 9.84 Å². The Kier molecular flexibility index (Phi) is 4.31. The summed E-state index contributed by atoms with van der Waals surface area (Å²) in [5.74, 6) is -2.78. The number of ether oxygens (including phenoxy) is 1. The fourth-order valence-corrected chi connectivity index (χ4v) is 2.63. The van der Waals surface area contributed by atoms with E-state index >= 15 is 0 Å². The van der Waals surface area contributed by atoms with Gasteiger partial charge in [-0.3, -0.25) is 0 Å². The smallest absolute Gasteiger partial charge is 0.434 e. The summed E-state index contributed by atoms with van der Waals surface area (Å²) in [6.45, 7) is 0. The molecule has 10 heteroatoms. The molecule has 1 N–H and O–H groups in total. The van der Waals surface area contributed by atoms with Crippen molar-refractivity contribution >= 4 is 28.6 Å². The second-order valence-corrected chi connectivity index (χ2v) is 5.23. The highest BCUT2D eigenvalue weighted by atomic mass is 127. The first kappa shape index (κ1) is 16.5. The van der Waals surface area contributed by atoms with Gasteiger partial charge in [-0.2, -0.15) is 18.3 Å². The maximum Gasteiger partial charge on any atom is 0.434 e. The highest BCUT2D eigenvalue weighted by Gasteiger charge is 2.40. The lowest BCUT2D eigenvalue weighted by Gasteiger charge is -2.13. The van der Waals surface area contributed by atoms with E-state index in [1.54, 1.807) is 22.6 Å². The van der Waals surface area contributed by atoms with Gasteiger partial charge >= 0.3 is 12.1 Å². The second-order valence-electron chi connectivity index (χ2n) is 4.06. The van der Waals surface area contributed by atoms with E-state index in [-0.39, 0.29) is 15.0 Å². The minimum Gasteiger partial charge on any atom is -0.493 e. The molecule has 1 aromatic carbocycles. The van der Waals surface area contributed by atoms with E-state index in [2.05, 4.69) is 5.10 Å². The fraction of sp³-hybridized carbons (Fsp3) is 0.167. The molecule has 0 amide bonds. The van der Waals surface area contributed by atoms with Gasteiger partial charge in [-0.15, -0.1) is 0 Å². The monoisotopic (exact) mass is 430 g/mol. The fourth-order valence-electron chi connectivity index (χ4n) is 1.84. The molecule has 0 atom stereocenters. The Bertz CT molecular complexity index is 719. The third kappa shape index (κ3) is 2.87. The number of carbonyl (C=O) groups is 1. The molecule has 0 aliphatic rings. The molecule has 0 unspecified atom stereocenters. The van der Waals surface area contributed by atoms with Gasteiger partial charge in [0, 0.05) is 6.07 Å². The zero-order valence-corrected chi connectivity index (χ0v) is 12.9. The highest BCUT2D eigenvalue weighted by molar-refractivity contribution is 14.1. The summed E-state index contributed by atoms with van der Waals surface area (Å²) in [6, 6.07) is 1.99. The predicted molar refractivity (Wildman–Crippen MR) is 74.8 cm³/mol. The van der Waals surface area contributed by atoms with E-state index in [0.29, 0.717) is 10.9 Å². The first-order valence-electron chi connectivity index (χ1n) is 5.58. The Labute approximate surface area is 134 Å². The molecule has 2 rings (SSSR count). The van der Waals surface area contributed by atoms with Crippen LogP contribution >= 0.6 is 22.6 Å². The summed E-state index contributed by atoms with van der Waals surface area (Å²) in [4.78, 5) is 10.9. The summed E-state index contributed by atoms with van der Waals surface area (Å²) in [6.07, 6.45) is -4.40. The molecule has 0 aliphatic heterocycles. The molecule has 0 spiro atoms. The number of rotatable bonds is 3. The third-order valence-electron chi connectivity index (χ3n) is 2.70. The maximum absolute atomic E-state index is 13.8. The van der Waals surface area contributed by atoms with Gasteiger partial charge in [-0.05, 0) is 28.7 Å². The molecule has 0 bridgehead atoms. The number of halogens is 5. The van der Waals surface area contributed by atoms with E-state index < -0.39 is 29.2 Å². The van der Waals surface area contributed by atoms with Crippen LogP contribution in [0.25, 0.3) is 5.69 Å². The van der Waals surface area contributed by atoms with Crippen molar-refractivity contribution in [3.8, 4) is 11.4 Å². The summed E-state index contributed by atoms with van der Waals surface area (Å²) < 4.78 is 58.4. The van der Waals surface area contributed by atoms with Gasteiger partial charge in [0.1, 0.15) is 5.56 Å². The first-order valence-corrected chi connectivity index (χ1v) is 6.66. The molecule has 1 heterocycles. The second kappa shape index (κ2) is 5.74. The Hall–Kier alpha value is -1.85. The molecule has 0 fully saturated rings. The number of nitrogens with zero attached hydrogens (tertiary/aromatic N) is 2. The average molecular weight is 430 g/mol. The Morgan fingerprint density at radius 1 is 1.41 bits per heavy atom. The molecular formula is C12H7F4IN2O3. The molecular weight excluding hydrogens is 423 g/mol. The van der Waals surface area contributed by atoms with Gasteiger partial charge in [-0.1, -0.05) is 0 Å². The molecule has 118 valence electrons. The van der Waals surface area contributed by atoms with Crippen LogP contribution in [0.4, 0.5) is 17.6 Å².